The molecule has 0 fully saturated rings. The van der Waals surface area contributed by atoms with E-state index in [0.717, 1.165) is 17.9 Å². The Morgan fingerprint density at radius 3 is 2.65 bits per heavy atom. The van der Waals surface area contributed by atoms with Gasteiger partial charge in [-0.05, 0) is 31.4 Å². The van der Waals surface area contributed by atoms with E-state index in [0.29, 0.717) is 19.1 Å². The van der Waals surface area contributed by atoms with Gasteiger partial charge in [0.2, 0.25) is 0 Å². The van der Waals surface area contributed by atoms with E-state index in [9.17, 15) is 5.11 Å². The molecule has 0 saturated carbocycles. The Kier molecular flexibility index (Phi) is 7.41. The van der Waals surface area contributed by atoms with Crippen molar-refractivity contribution in [1.82, 2.24) is 0 Å². The molecule has 4 nitrogen and oxygen atoms in total. The van der Waals surface area contributed by atoms with Crippen LogP contribution in [0, 0.1) is 5.92 Å². The summed E-state index contributed by atoms with van der Waals surface area (Å²) in [5, 5.41) is 13.1. The maximum atomic E-state index is 9.90. The molecule has 0 aliphatic heterocycles. The first-order chi connectivity index (χ1) is 9.51. The maximum absolute atomic E-state index is 9.90. The molecule has 0 aliphatic rings. The van der Waals surface area contributed by atoms with Crippen molar-refractivity contribution in [2.45, 2.75) is 39.4 Å². The maximum Gasteiger partial charge on any atom is 0.120 e. The fourth-order valence-corrected chi connectivity index (χ4v) is 2.03. The molecule has 20 heavy (non-hydrogen) atoms. The van der Waals surface area contributed by atoms with Crippen LogP contribution in [0.3, 0.4) is 0 Å². The van der Waals surface area contributed by atoms with E-state index in [4.69, 9.17) is 9.47 Å². The number of methoxy groups -OCH3 is 1. The molecule has 1 rings (SSSR count). The molecule has 1 aromatic rings. The van der Waals surface area contributed by atoms with Gasteiger partial charge in [0.1, 0.15) is 5.75 Å². The zero-order chi connectivity index (χ0) is 15.0. The Morgan fingerprint density at radius 2 is 2.00 bits per heavy atom. The minimum atomic E-state index is -0.518. The van der Waals surface area contributed by atoms with Gasteiger partial charge in [-0.15, -0.1) is 0 Å². The van der Waals surface area contributed by atoms with E-state index in [1.165, 1.54) is 0 Å². The molecule has 0 radical (unpaired) electrons. The minimum absolute atomic E-state index is 0.182. The third kappa shape index (κ3) is 6.78. The third-order valence-corrected chi connectivity index (χ3v) is 2.99. The minimum Gasteiger partial charge on any atom is -0.497 e. The smallest absolute Gasteiger partial charge is 0.120 e. The molecule has 4 heteroatoms. The number of hydrogen-bond donors (Lipinski definition) is 2. The topological polar surface area (TPSA) is 50.7 Å². The van der Waals surface area contributed by atoms with Crippen LogP contribution in [0.1, 0.15) is 27.2 Å². The average molecular weight is 281 g/mol. The number of benzene rings is 1. The van der Waals surface area contributed by atoms with Crippen LogP contribution < -0.4 is 10.1 Å². The van der Waals surface area contributed by atoms with Gasteiger partial charge < -0.3 is 19.9 Å². The number of ether oxygens (including phenoxy) is 2. The monoisotopic (exact) mass is 281 g/mol. The molecular formula is C16H27NO3. The molecule has 114 valence electrons. The second-order valence-corrected chi connectivity index (χ2v) is 5.54. The Hall–Kier alpha value is -1.26. The first kappa shape index (κ1) is 16.8. The van der Waals surface area contributed by atoms with Gasteiger partial charge in [0, 0.05) is 18.3 Å². The summed E-state index contributed by atoms with van der Waals surface area (Å²) in [6.07, 6.45) is 0.674. The third-order valence-electron chi connectivity index (χ3n) is 2.99. The Labute approximate surface area is 122 Å². The van der Waals surface area contributed by atoms with Gasteiger partial charge in [-0.3, -0.25) is 0 Å². The lowest BCUT2D eigenvalue weighted by Gasteiger charge is -2.18. The highest BCUT2D eigenvalue weighted by atomic mass is 16.5. The molecule has 0 saturated heterocycles. The molecule has 0 spiro atoms. The molecule has 0 aliphatic carbocycles. The van der Waals surface area contributed by atoms with E-state index in [1.807, 2.05) is 31.2 Å². The summed E-state index contributed by atoms with van der Waals surface area (Å²) < 4.78 is 10.8. The summed E-state index contributed by atoms with van der Waals surface area (Å²) >= 11 is 0. The SMILES string of the molecule is COc1cccc(NCC(O)COC(C)CC(C)C)c1. The lowest BCUT2D eigenvalue weighted by Crippen LogP contribution is -2.27. The molecular weight excluding hydrogens is 254 g/mol. The number of aliphatic hydroxyl groups excluding tert-OH is 1. The molecule has 2 atom stereocenters. The number of hydrogen-bond acceptors (Lipinski definition) is 4. The van der Waals surface area contributed by atoms with Gasteiger partial charge >= 0.3 is 0 Å². The van der Waals surface area contributed by atoms with Crippen molar-refractivity contribution in [2.24, 2.45) is 5.92 Å². The molecule has 0 amide bonds. The highest BCUT2D eigenvalue weighted by Gasteiger charge is 2.09. The largest absolute Gasteiger partial charge is 0.497 e. The van der Waals surface area contributed by atoms with Gasteiger partial charge in [0.25, 0.3) is 0 Å². The summed E-state index contributed by atoms with van der Waals surface area (Å²) in [6.45, 7) is 7.19. The second-order valence-electron chi connectivity index (χ2n) is 5.54. The fraction of sp³-hybridized carbons (Fsp3) is 0.625. The zero-order valence-corrected chi connectivity index (χ0v) is 12.9. The Balaban J connectivity index is 2.27. The van der Waals surface area contributed by atoms with Crippen molar-refractivity contribution in [3.8, 4) is 5.75 Å². The van der Waals surface area contributed by atoms with E-state index in [-0.39, 0.29) is 6.10 Å². The number of nitrogens with one attached hydrogen (secondary N) is 1. The average Bonchev–Trinajstić information content (AvgIpc) is 2.42. The van der Waals surface area contributed by atoms with Gasteiger partial charge in [-0.2, -0.15) is 0 Å². The first-order valence-corrected chi connectivity index (χ1v) is 7.18. The predicted molar refractivity (Wildman–Crippen MR) is 82.4 cm³/mol. The molecule has 1 aromatic carbocycles. The van der Waals surface area contributed by atoms with Gasteiger partial charge in [-0.1, -0.05) is 19.9 Å². The van der Waals surface area contributed by atoms with Crippen LogP contribution in [0.4, 0.5) is 5.69 Å². The summed E-state index contributed by atoms with van der Waals surface area (Å²) in [5.41, 5.74) is 0.929. The number of aliphatic hydroxyl groups is 1. The van der Waals surface area contributed by atoms with Gasteiger partial charge in [0.15, 0.2) is 0 Å². The van der Waals surface area contributed by atoms with Crippen LogP contribution in [0.25, 0.3) is 0 Å². The summed E-state index contributed by atoms with van der Waals surface area (Å²) in [6, 6.07) is 7.64. The van der Waals surface area contributed by atoms with E-state index in [2.05, 4.69) is 19.2 Å². The predicted octanol–water partition coefficient (Wildman–Crippen LogP) is 2.92. The summed E-state index contributed by atoms with van der Waals surface area (Å²) in [5.74, 6) is 1.41. The fourth-order valence-electron chi connectivity index (χ4n) is 2.03. The van der Waals surface area contributed by atoms with Crippen LogP contribution in [0.2, 0.25) is 0 Å². The van der Waals surface area contributed by atoms with Crippen molar-refractivity contribution in [3.05, 3.63) is 24.3 Å². The van der Waals surface area contributed by atoms with E-state index in [1.54, 1.807) is 7.11 Å². The van der Waals surface area contributed by atoms with Crippen molar-refractivity contribution >= 4 is 5.69 Å². The van der Waals surface area contributed by atoms with Gasteiger partial charge in [-0.25, -0.2) is 0 Å². The highest BCUT2D eigenvalue weighted by molar-refractivity contribution is 5.48. The lowest BCUT2D eigenvalue weighted by atomic mass is 10.1. The van der Waals surface area contributed by atoms with Crippen molar-refractivity contribution in [1.29, 1.82) is 0 Å². The van der Waals surface area contributed by atoms with Crippen LogP contribution in [-0.4, -0.2) is 37.6 Å². The molecule has 2 unspecified atom stereocenters. The molecule has 2 N–H and O–H groups in total. The van der Waals surface area contributed by atoms with Crippen LogP contribution in [0.15, 0.2) is 24.3 Å². The normalized spacial score (nSPS) is 14.1. The standard InChI is InChI=1S/C16H27NO3/c1-12(2)8-13(3)20-11-15(18)10-17-14-6-5-7-16(9-14)19-4/h5-7,9,12-13,15,17-18H,8,10-11H2,1-4H3. The van der Waals surface area contributed by atoms with E-state index >= 15 is 0 Å². The van der Waals surface area contributed by atoms with Gasteiger partial charge in [0.05, 0.1) is 25.9 Å². The Morgan fingerprint density at radius 1 is 1.25 bits per heavy atom. The lowest BCUT2D eigenvalue weighted by molar-refractivity contribution is -0.00443. The number of rotatable bonds is 9. The first-order valence-electron chi connectivity index (χ1n) is 7.18. The summed E-state index contributed by atoms with van der Waals surface area (Å²) in [4.78, 5) is 0. The zero-order valence-electron chi connectivity index (χ0n) is 12.9. The van der Waals surface area contributed by atoms with Crippen molar-refractivity contribution in [3.63, 3.8) is 0 Å². The highest BCUT2D eigenvalue weighted by Crippen LogP contribution is 2.16. The summed E-state index contributed by atoms with van der Waals surface area (Å²) in [7, 11) is 1.64. The molecule has 0 heterocycles. The molecule has 0 bridgehead atoms. The van der Waals surface area contributed by atoms with Crippen LogP contribution in [0.5, 0.6) is 5.75 Å². The van der Waals surface area contributed by atoms with Crippen molar-refractivity contribution < 1.29 is 14.6 Å². The van der Waals surface area contributed by atoms with Crippen LogP contribution in [-0.2, 0) is 4.74 Å². The second kappa shape index (κ2) is 8.82. The number of anilines is 1. The van der Waals surface area contributed by atoms with Crippen LogP contribution >= 0.6 is 0 Å². The van der Waals surface area contributed by atoms with E-state index < -0.39 is 6.10 Å². The Bertz CT molecular complexity index is 382. The quantitative estimate of drug-likeness (QED) is 0.731. The van der Waals surface area contributed by atoms with Crippen molar-refractivity contribution in [2.75, 3.05) is 25.6 Å². The molecule has 0 aromatic heterocycles.